The molecule has 1 atom stereocenters. The van der Waals surface area contributed by atoms with Gasteiger partial charge in [0, 0.05) is 27.9 Å². The Bertz CT molecular complexity index is 484. The second kappa shape index (κ2) is 6.37. The first-order valence-electron chi connectivity index (χ1n) is 7.38. The van der Waals surface area contributed by atoms with Crippen molar-refractivity contribution in [3.63, 3.8) is 0 Å². The van der Waals surface area contributed by atoms with Crippen molar-refractivity contribution in [2.45, 2.75) is 43.5 Å². The van der Waals surface area contributed by atoms with Crippen LogP contribution < -0.4 is 4.74 Å². The maximum absolute atomic E-state index is 5.82. The van der Waals surface area contributed by atoms with Crippen LogP contribution in [-0.4, -0.2) is 19.3 Å². The highest BCUT2D eigenvalue weighted by Crippen LogP contribution is 2.45. The van der Waals surface area contributed by atoms with Gasteiger partial charge in [-0.3, -0.25) is 0 Å². The number of ether oxygens (including phenoxy) is 2. The fraction of sp³-hybridized carbons (Fsp3) is 0.625. The second-order valence-electron chi connectivity index (χ2n) is 5.70. The van der Waals surface area contributed by atoms with Crippen molar-refractivity contribution in [1.29, 1.82) is 0 Å². The molecule has 1 aliphatic heterocycles. The summed E-state index contributed by atoms with van der Waals surface area (Å²) in [6.07, 6.45) is 5.09. The van der Waals surface area contributed by atoms with E-state index in [1.807, 2.05) is 0 Å². The number of fused-ring (bicyclic) bond motifs is 1. The Labute approximate surface area is 137 Å². The summed E-state index contributed by atoms with van der Waals surface area (Å²) in [7, 11) is 0. The van der Waals surface area contributed by atoms with E-state index in [4.69, 9.17) is 9.47 Å². The van der Waals surface area contributed by atoms with Gasteiger partial charge in [-0.15, -0.1) is 0 Å². The minimum atomic E-state index is 0.374. The van der Waals surface area contributed by atoms with Crippen LogP contribution in [-0.2, 0) is 11.2 Å². The average Bonchev–Trinajstić information content (AvgIpc) is 2.83. The summed E-state index contributed by atoms with van der Waals surface area (Å²) in [5.41, 5.74) is 2.63. The standard InChI is InChI=1S/C16H20Br2O2/c1-2-19-13-5-10(6-13)7-15(18)14-9-12(17)8-11-3-4-20-16(11)14/h8-10,13,15H,2-7H2,1H3. The van der Waals surface area contributed by atoms with Crippen LogP contribution in [0.15, 0.2) is 16.6 Å². The van der Waals surface area contributed by atoms with E-state index < -0.39 is 0 Å². The lowest BCUT2D eigenvalue weighted by Crippen LogP contribution is -2.31. The van der Waals surface area contributed by atoms with Crippen molar-refractivity contribution in [3.8, 4) is 5.75 Å². The Kier molecular flexibility index (Phi) is 4.73. The van der Waals surface area contributed by atoms with Crippen LogP contribution in [0.25, 0.3) is 0 Å². The molecule has 1 fully saturated rings. The van der Waals surface area contributed by atoms with Crippen molar-refractivity contribution < 1.29 is 9.47 Å². The van der Waals surface area contributed by atoms with Crippen LogP contribution in [0.1, 0.15) is 42.1 Å². The number of alkyl halides is 1. The van der Waals surface area contributed by atoms with Crippen molar-refractivity contribution in [2.75, 3.05) is 13.2 Å². The molecule has 1 saturated carbocycles. The summed E-state index contributed by atoms with van der Waals surface area (Å²) in [4.78, 5) is 0.374. The van der Waals surface area contributed by atoms with Crippen molar-refractivity contribution in [1.82, 2.24) is 0 Å². The van der Waals surface area contributed by atoms with E-state index in [1.54, 1.807) is 0 Å². The average molecular weight is 404 g/mol. The molecular weight excluding hydrogens is 384 g/mol. The maximum Gasteiger partial charge on any atom is 0.127 e. The van der Waals surface area contributed by atoms with Gasteiger partial charge in [0.15, 0.2) is 0 Å². The smallest absolute Gasteiger partial charge is 0.127 e. The van der Waals surface area contributed by atoms with Gasteiger partial charge in [0.2, 0.25) is 0 Å². The van der Waals surface area contributed by atoms with Crippen LogP contribution in [0.4, 0.5) is 0 Å². The summed E-state index contributed by atoms with van der Waals surface area (Å²) < 4.78 is 12.6. The molecular formula is C16H20Br2O2. The predicted octanol–water partition coefficient (Wildman–Crippen LogP) is 5.03. The first kappa shape index (κ1) is 14.9. The molecule has 2 nitrogen and oxygen atoms in total. The van der Waals surface area contributed by atoms with E-state index in [0.29, 0.717) is 10.9 Å². The molecule has 3 rings (SSSR count). The molecule has 1 aliphatic carbocycles. The number of hydrogen-bond donors (Lipinski definition) is 0. The Hall–Kier alpha value is -0.0600. The lowest BCUT2D eigenvalue weighted by molar-refractivity contribution is -0.0264. The van der Waals surface area contributed by atoms with E-state index >= 15 is 0 Å². The molecule has 0 aromatic heterocycles. The molecule has 20 heavy (non-hydrogen) atoms. The van der Waals surface area contributed by atoms with Gasteiger partial charge in [-0.1, -0.05) is 31.9 Å². The molecule has 0 spiro atoms. The molecule has 2 aliphatic rings. The molecule has 4 heteroatoms. The van der Waals surface area contributed by atoms with Gasteiger partial charge < -0.3 is 9.47 Å². The lowest BCUT2D eigenvalue weighted by atomic mass is 9.78. The highest BCUT2D eigenvalue weighted by Gasteiger charge is 2.32. The number of rotatable bonds is 5. The zero-order valence-electron chi connectivity index (χ0n) is 11.7. The highest BCUT2D eigenvalue weighted by atomic mass is 79.9. The zero-order valence-corrected chi connectivity index (χ0v) is 14.9. The van der Waals surface area contributed by atoms with Crippen LogP contribution >= 0.6 is 31.9 Å². The van der Waals surface area contributed by atoms with E-state index in [2.05, 4.69) is 50.9 Å². The predicted molar refractivity (Wildman–Crippen MR) is 87.8 cm³/mol. The molecule has 0 amide bonds. The molecule has 1 heterocycles. The number of halogens is 2. The monoisotopic (exact) mass is 402 g/mol. The summed E-state index contributed by atoms with van der Waals surface area (Å²) in [6.45, 7) is 3.72. The van der Waals surface area contributed by atoms with Gasteiger partial charge >= 0.3 is 0 Å². The third kappa shape index (κ3) is 3.07. The minimum Gasteiger partial charge on any atom is -0.493 e. The zero-order chi connectivity index (χ0) is 14.1. The third-order valence-corrected chi connectivity index (χ3v) is 5.57. The molecule has 0 bridgehead atoms. The Balaban J connectivity index is 1.65. The first-order valence-corrected chi connectivity index (χ1v) is 9.09. The van der Waals surface area contributed by atoms with Gasteiger partial charge in [-0.05, 0) is 49.8 Å². The van der Waals surface area contributed by atoms with E-state index in [0.717, 1.165) is 42.2 Å². The van der Waals surface area contributed by atoms with E-state index in [9.17, 15) is 0 Å². The normalized spacial score (nSPS) is 25.8. The van der Waals surface area contributed by atoms with Crippen LogP contribution in [0.5, 0.6) is 5.75 Å². The van der Waals surface area contributed by atoms with Gasteiger partial charge in [-0.2, -0.15) is 0 Å². The summed E-state index contributed by atoms with van der Waals surface area (Å²) in [5, 5.41) is 0. The van der Waals surface area contributed by atoms with Crippen molar-refractivity contribution in [3.05, 3.63) is 27.7 Å². The third-order valence-electron chi connectivity index (χ3n) is 4.25. The number of hydrogen-bond acceptors (Lipinski definition) is 2. The fourth-order valence-electron chi connectivity index (χ4n) is 3.19. The lowest BCUT2D eigenvalue weighted by Gasteiger charge is -2.36. The summed E-state index contributed by atoms with van der Waals surface area (Å²) >= 11 is 7.48. The van der Waals surface area contributed by atoms with Crippen molar-refractivity contribution in [2.24, 2.45) is 5.92 Å². The SMILES string of the molecule is CCOC1CC(CC(Br)c2cc(Br)cc3c2OCC3)C1. The van der Waals surface area contributed by atoms with Gasteiger partial charge in [-0.25, -0.2) is 0 Å². The summed E-state index contributed by atoms with van der Waals surface area (Å²) in [6, 6.07) is 4.38. The van der Waals surface area contributed by atoms with Crippen molar-refractivity contribution >= 4 is 31.9 Å². The van der Waals surface area contributed by atoms with Gasteiger partial charge in [0.1, 0.15) is 5.75 Å². The topological polar surface area (TPSA) is 18.5 Å². The molecule has 1 aromatic rings. The Morgan fingerprint density at radius 1 is 1.40 bits per heavy atom. The van der Waals surface area contributed by atoms with E-state index in [1.165, 1.54) is 24.0 Å². The molecule has 1 unspecified atom stereocenters. The van der Waals surface area contributed by atoms with Crippen LogP contribution in [0, 0.1) is 5.92 Å². The van der Waals surface area contributed by atoms with E-state index in [-0.39, 0.29) is 0 Å². The quantitative estimate of drug-likeness (QED) is 0.642. The first-order chi connectivity index (χ1) is 9.67. The minimum absolute atomic E-state index is 0.374. The molecule has 0 radical (unpaired) electrons. The maximum atomic E-state index is 5.82. The second-order valence-corrected chi connectivity index (χ2v) is 7.72. The largest absolute Gasteiger partial charge is 0.493 e. The molecule has 0 N–H and O–H groups in total. The van der Waals surface area contributed by atoms with Crippen LogP contribution in [0.2, 0.25) is 0 Å². The highest BCUT2D eigenvalue weighted by molar-refractivity contribution is 9.10. The Morgan fingerprint density at radius 3 is 2.95 bits per heavy atom. The Morgan fingerprint density at radius 2 is 2.20 bits per heavy atom. The van der Waals surface area contributed by atoms with Gasteiger partial charge in [0.05, 0.1) is 12.7 Å². The fourth-order valence-corrected chi connectivity index (χ4v) is 4.58. The molecule has 110 valence electrons. The summed E-state index contributed by atoms with van der Waals surface area (Å²) in [5.74, 6) is 1.88. The van der Waals surface area contributed by atoms with Crippen LogP contribution in [0.3, 0.4) is 0 Å². The molecule has 0 saturated heterocycles. The molecule has 1 aromatic carbocycles. The van der Waals surface area contributed by atoms with Gasteiger partial charge in [0.25, 0.3) is 0 Å². The number of benzene rings is 1.